The molecule has 0 saturated heterocycles. The molecule has 1 saturated carbocycles. The Hall–Kier alpha value is -0.340. The van der Waals surface area contributed by atoms with E-state index in [1.54, 1.807) is 0 Å². The van der Waals surface area contributed by atoms with Crippen molar-refractivity contribution in [3.63, 3.8) is 0 Å². The van der Waals surface area contributed by atoms with Crippen LogP contribution in [0.4, 0.5) is 0 Å². The van der Waals surface area contributed by atoms with Crippen molar-refractivity contribution in [1.82, 2.24) is 10.2 Å². The van der Waals surface area contributed by atoms with E-state index >= 15 is 0 Å². The van der Waals surface area contributed by atoms with Crippen LogP contribution in [0.3, 0.4) is 0 Å². The highest BCUT2D eigenvalue weighted by atomic mass is 15.1. The van der Waals surface area contributed by atoms with Crippen LogP contribution in [0.15, 0.2) is 11.6 Å². The molecule has 2 unspecified atom stereocenters. The third-order valence-corrected chi connectivity index (χ3v) is 3.56. The summed E-state index contributed by atoms with van der Waals surface area (Å²) in [5.41, 5.74) is 1.47. The van der Waals surface area contributed by atoms with Crippen molar-refractivity contribution in [2.75, 3.05) is 27.2 Å². The summed E-state index contributed by atoms with van der Waals surface area (Å²) in [7, 11) is 4.29. The van der Waals surface area contributed by atoms with Crippen molar-refractivity contribution in [2.45, 2.75) is 52.0 Å². The fourth-order valence-corrected chi connectivity index (χ4v) is 2.72. The van der Waals surface area contributed by atoms with Gasteiger partial charge in [-0.15, -0.1) is 0 Å². The zero-order valence-corrected chi connectivity index (χ0v) is 12.1. The predicted octanol–water partition coefficient (Wildman–Crippen LogP) is 3.05. The van der Waals surface area contributed by atoms with Crippen molar-refractivity contribution >= 4 is 0 Å². The molecule has 1 rings (SSSR count). The first-order chi connectivity index (χ1) is 8.09. The Bertz CT molecular complexity index is 229. The highest BCUT2D eigenvalue weighted by Gasteiger charge is 2.22. The van der Waals surface area contributed by atoms with E-state index in [0.717, 1.165) is 18.5 Å². The smallest absolute Gasteiger partial charge is 0.0130 e. The number of rotatable bonds is 6. The van der Waals surface area contributed by atoms with E-state index in [-0.39, 0.29) is 0 Å². The fourth-order valence-electron chi connectivity index (χ4n) is 2.72. The van der Waals surface area contributed by atoms with Crippen LogP contribution in [0.2, 0.25) is 0 Å². The lowest BCUT2D eigenvalue weighted by Gasteiger charge is -2.31. The van der Waals surface area contributed by atoms with Gasteiger partial charge in [0.05, 0.1) is 0 Å². The minimum atomic E-state index is 0.723. The van der Waals surface area contributed by atoms with Gasteiger partial charge in [0.15, 0.2) is 0 Å². The van der Waals surface area contributed by atoms with Crippen LogP contribution >= 0.6 is 0 Å². The van der Waals surface area contributed by atoms with Gasteiger partial charge >= 0.3 is 0 Å². The Morgan fingerprint density at radius 2 is 1.94 bits per heavy atom. The van der Waals surface area contributed by atoms with Crippen LogP contribution in [0.1, 0.15) is 46.0 Å². The second-order valence-electron chi connectivity index (χ2n) is 5.91. The molecule has 2 nitrogen and oxygen atoms in total. The van der Waals surface area contributed by atoms with Gasteiger partial charge in [-0.1, -0.05) is 24.5 Å². The topological polar surface area (TPSA) is 15.3 Å². The van der Waals surface area contributed by atoms with Crippen LogP contribution in [0, 0.1) is 5.92 Å². The summed E-state index contributed by atoms with van der Waals surface area (Å²) in [4.78, 5) is 2.26. The van der Waals surface area contributed by atoms with Gasteiger partial charge in [0.2, 0.25) is 0 Å². The standard InChI is InChI=1S/C15H30N2/c1-13(2)12-14-8-5-6-9-15(14)16-10-7-11-17(3)4/h12,14-16H,5-11H2,1-4H3. The molecule has 0 spiro atoms. The Morgan fingerprint density at radius 3 is 2.59 bits per heavy atom. The summed E-state index contributed by atoms with van der Waals surface area (Å²) in [5, 5.41) is 3.76. The first-order valence-electron chi connectivity index (χ1n) is 7.12. The number of nitrogens with zero attached hydrogens (tertiary/aromatic N) is 1. The van der Waals surface area contributed by atoms with Gasteiger partial charge < -0.3 is 10.2 Å². The van der Waals surface area contributed by atoms with Gasteiger partial charge in [-0.05, 0) is 66.2 Å². The average Bonchev–Trinajstić information content (AvgIpc) is 2.25. The minimum absolute atomic E-state index is 0.723. The Kier molecular flexibility index (Phi) is 6.83. The zero-order chi connectivity index (χ0) is 12.7. The van der Waals surface area contributed by atoms with E-state index in [4.69, 9.17) is 0 Å². The molecular weight excluding hydrogens is 208 g/mol. The van der Waals surface area contributed by atoms with Crippen molar-refractivity contribution in [1.29, 1.82) is 0 Å². The normalized spacial score (nSPS) is 25.0. The van der Waals surface area contributed by atoms with Crippen molar-refractivity contribution in [2.24, 2.45) is 5.92 Å². The van der Waals surface area contributed by atoms with E-state index < -0.39 is 0 Å². The number of nitrogens with one attached hydrogen (secondary N) is 1. The molecule has 100 valence electrons. The fraction of sp³-hybridized carbons (Fsp3) is 0.867. The van der Waals surface area contributed by atoms with E-state index in [1.165, 1.54) is 44.2 Å². The van der Waals surface area contributed by atoms with Gasteiger partial charge in [0, 0.05) is 6.04 Å². The molecule has 1 fully saturated rings. The molecule has 0 aliphatic heterocycles. The second kappa shape index (κ2) is 7.88. The molecule has 17 heavy (non-hydrogen) atoms. The van der Waals surface area contributed by atoms with Crippen LogP contribution in [0.5, 0.6) is 0 Å². The van der Waals surface area contributed by atoms with Crippen LogP contribution in [-0.2, 0) is 0 Å². The van der Waals surface area contributed by atoms with Crippen LogP contribution < -0.4 is 5.32 Å². The van der Waals surface area contributed by atoms with E-state index in [0.29, 0.717) is 0 Å². The third kappa shape index (κ3) is 6.23. The predicted molar refractivity (Wildman–Crippen MR) is 76.4 cm³/mol. The van der Waals surface area contributed by atoms with E-state index in [9.17, 15) is 0 Å². The van der Waals surface area contributed by atoms with E-state index in [1.807, 2.05) is 0 Å². The SMILES string of the molecule is CC(C)=CC1CCCCC1NCCCN(C)C. The van der Waals surface area contributed by atoms with Gasteiger partial charge in [0.1, 0.15) is 0 Å². The van der Waals surface area contributed by atoms with Gasteiger partial charge in [0.25, 0.3) is 0 Å². The van der Waals surface area contributed by atoms with Gasteiger partial charge in [-0.2, -0.15) is 0 Å². The van der Waals surface area contributed by atoms with Crippen LogP contribution in [-0.4, -0.2) is 38.1 Å². The summed E-state index contributed by atoms with van der Waals surface area (Å²) in [6, 6.07) is 0.723. The Morgan fingerprint density at radius 1 is 1.24 bits per heavy atom. The van der Waals surface area contributed by atoms with Crippen LogP contribution in [0.25, 0.3) is 0 Å². The third-order valence-electron chi connectivity index (χ3n) is 3.56. The number of hydrogen-bond donors (Lipinski definition) is 1. The molecule has 0 bridgehead atoms. The molecule has 1 aliphatic rings. The molecule has 1 N–H and O–H groups in total. The lowest BCUT2D eigenvalue weighted by Crippen LogP contribution is -2.39. The van der Waals surface area contributed by atoms with Crippen molar-refractivity contribution in [3.8, 4) is 0 Å². The van der Waals surface area contributed by atoms with Crippen molar-refractivity contribution in [3.05, 3.63) is 11.6 Å². The molecule has 0 heterocycles. The molecule has 0 amide bonds. The summed E-state index contributed by atoms with van der Waals surface area (Å²) in [6.07, 6.45) is 9.27. The van der Waals surface area contributed by atoms with Crippen molar-refractivity contribution < 1.29 is 0 Å². The zero-order valence-electron chi connectivity index (χ0n) is 12.1. The maximum Gasteiger partial charge on any atom is 0.0130 e. The monoisotopic (exact) mass is 238 g/mol. The molecular formula is C15H30N2. The molecule has 0 aromatic carbocycles. The maximum atomic E-state index is 3.76. The molecule has 0 radical (unpaired) electrons. The highest BCUT2D eigenvalue weighted by Crippen LogP contribution is 2.26. The molecule has 2 atom stereocenters. The quantitative estimate of drug-likeness (QED) is 0.565. The van der Waals surface area contributed by atoms with Gasteiger partial charge in [-0.25, -0.2) is 0 Å². The Labute approximate surface area is 107 Å². The molecule has 0 aromatic rings. The number of allylic oxidation sites excluding steroid dienone is 1. The first kappa shape index (κ1) is 14.7. The average molecular weight is 238 g/mol. The maximum absolute atomic E-state index is 3.76. The van der Waals surface area contributed by atoms with Gasteiger partial charge in [-0.3, -0.25) is 0 Å². The summed E-state index contributed by atoms with van der Waals surface area (Å²) in [6.45, 7) is 6.79. The summed E-state index contributed by atoms with van der Waals surface area (Å²) in [5.74, 6) is 0.771. The van der Waals surface area contributed by atoms with E-state index in [2.05, 4.69) is 44.2 Å². The minimum Gasteiger partial charge on any atom is -0.313 e. The number of hydrogen-bond acceptors (Lipinski definition) is 2. The largest absolute Gasteiger partial charge is 0.313 e. The molecule has 1 aliphatic carbocycles. The summed E-state index contributed by atoms with van der Waals surface area (Å²) >= 11 is 0. The highest BCUT2D eigenvalue weighted by molar-refractivity contribution is 5.02. The Balaban J connectivity index is 2.30. The lowest BCUT2D eigenvalue weighted by molar-refractivity contribution is 0.298. The molecule has 0 aromatic heterocycles. The molecule has 2 heteroatoms. The second-order valence-corrected chi connectivity index (χ2v) is 5.91. The lowest BCUT2D eigenvalue weighted by atomic mass is 9.83. The summed E-state index contributed by atoms with van der Waals surface area (Å²) < 4.78 is 0. The first-order valence-corrected chi connectivity index (χ1v) is 7.12.